The molecule has 1 spiro atoms. The van der Waals surface area contributed by atoms with E-state index in [1.54, 1.807) is 12.4 Å². The lowest BCUT2D eigenvalue weighted by Crippen LogP contribution is -2.87. The van der Waals surface area contributed by atoms with E-state index in [9.17, 15) is 0 Å². The molecule has 122 valence electrons. The summed E-state index contributed by atoms with van der Waals surface area (Å²) in [6.45, 7) is 0. The van der Waals surface area contributed by atoms with Crippen molar-refractivity contribution in [2.45, 2.75) is 31.1 Å². The fraction of sp³-hybridized carbons (Fsp3) is 0.474. The summed E-state index contributed by atoms with van der Waals surface area (Å²) in [5, 5.41) is 0.671. The van der Waals surface area contributed by atoms with Crippen LogP contribution in [0.4, 0.5) is 0 Å². The van der Waals surface area contributed by atoms with Crippen LogP contribution in [0.2, 0.25) is 5.02 Å². The van der Waals surface area contributed by atoms with Gasteiger partial charge in [-0.1, -0.05) is 17.7 Å². The van der Waals surface area contributed by atoms with Crippen LogP contribution in [0.1, 0.15) is 31.2 Å². The number of halogens is 2. The first-order chi connectivity index (χ1) is 11.6. The van der Waals surface area contributed by atoms with Gasteiger partial charge in [0.05, 0.1) is 17.4 Å². The topological polar surface area (TPSA) is 35.0 Å². The number of benzene rings is 1. The number of rotatable bonds is 3. The molecule has 4 saturated carbocycles. The van der Waals surface area contributed by atoms with Crippen molar-refractivity contribution < 1.29 is 4.74 Å². The van der Waals surface area contributed by atoms with Gasteiger partial charge in [-0.2, -0.15) is 0 Å². The Morgan fingerprint density at radius 2 is 1.88 bits per heavy atom. The maximum Gasteiger partial charge on any atom is 0.237 e. The monoisotopic (exact) mass is 402 g/mol. The summed E-state index contributed by atoms with van der Waals surface area (Å²) < 4.78 is 6.48. The summed E-state index contributed by atoms with van der Waals surface area (Å²) in [5.74, 6) is 4.11. The SMILES string of the molecule is Clc1cc(C23CC4CC5CC(C2)C543)ccc1Oc1cnc(Br)cn1. The van der Waals surface area contributed by atoms with Gasteiger partial charge in [0, 0.05) is 5.41 Å². The van der Waals surface area contributed by atoms with E-state index in [0.29, 0.717) is 32.1 Å². The van der Waals surface area contributed by atoms with E-state index in [4.69, 9.17) is 16.3 Å². The second kappa shape index (κ2) is 4.34. The van der Waals surface area contributed by atoms with Crippen LogP contribution in [-0.2, 0) is 5.41 Å². The smallest absolute Gasteiger partial charge is 0.237 e. The van der Waals surface area contributed by atoms with Crippen molar-refractivity contribution >= 4 is 27.5 Å². The Kier molecular flexibility index (Phi) is 2.54. The van der Waals surface area contributed by atoms with Crippen LogP contribution in [0.5, 0.6) is 11.6 Å². The standard InChI is InChI=1S/C19H16BrClN2O/c20-16-8-23-17(9-22-16)24-15-2-1-10(5-14(15)21)18-6-12-3-11-4-13(7-18)19(11,12)18/h1-2,5,8-9,11-13H,3-4,6-7H2. The highest BCUT2D eigenvalue weighted by atomic mass is 79.9. The van der Waals surface area contributed by atoms with Gasteiger partial charge in [-0.25, -0.2) is 9.97 Å². The fourth-order valence-electron chi connectivity index (χ4n) is 6.77. The lowest BCUT2D eigenvalue weighted by molar-refractivity contribution is -0.395. The van der Waals surface area contributed by atoms with Gasteiger partial charge in [0.1, 0.15) is 10.4 Å². The molecule has 0 aliphatic heterocycles. The molecule has 0 radical (unpaired) electrons. The average Bonchev–Trinajstić information content (AvgIpc) is 2.49. The lowest BCUT2D eigenvalue weighted by atomic mass is 9.12. The summed E-state index contributed by atoms with van der Waals surface area (Å²) in [5.41, 5.74) is 2.54. The molecule has 2 unspecified atom stereocenters. The molecule has 1 aromatic carbocycles. The van der Waals surface area contributed by atoms with Crippen LogP contribution in [0.25, 0.3) is 0 Å². The van der Waals surface area contributed by atoms with Crippen LogP contribution in [-0.4, -0.2) is 9.97 Å². The number of ether oxygens (including phenoxy) is 1. The largest absolute Gasteiger partial charge is 0.436 e. The van der Waals surface area contributed by atoms with Crippen molar-refractivity contribution in [3.05, 3.63) is 45.8 Å². The lowest BCUT2D eigenvalue weighted by Gasteiger charge is -2.91. The minimum Gasteiger partial charge on any atom is -0.436 e. The molecule has 4 aliphatic carbocycles. The summed E-state index contributed by atoms with van der Waals surface area (Å²) in [6, 6.07) is 6.36. The maximum atomic E-state index is 6.53. The highest BCUT2D eigenvalue weighted by Gasteiger charge is 2.87. The normalized spacial score (nSPS) is 40.2. The molecular formula is C19H16BrClN2O. The van der Waals surface area contributed by atoms with Gasteiger partial charge >= 0.3 is 0 Å². The number of hydrogen-bond acceptors (Lipinski definition) is 3. The first-order valence-electron chi connectivity index (χ1n) is 8.59. The Hall–Kier alpha value is -1.13. The van der Waals surface area contributed by atoms with E-state index < -0.39 is 0 Å². The van der Waals surface area contributed by atoms with Crippen molar-refractivity contribution in [2.75, 3.05) is 0 Å². The van der Waals surface area contributed by atoms with E-state index in [2.05, 4.69) is 38.0 Å². The molecule has 4 aliphatic rings. The zero-order chi connectivity index (χ0) is 16.1. The third kappa shape index (κ3) is 1.39. The molecular weight excluding hydrogens is 388 g/mol. The first kappa shape index (κ1) is 14.1. The van der Waals surface area contributed by atoms with Crippen molar-refractivity contribution in [1.82, 2.24) is 9.97 Å². The Bertz CT molecular complexity index is 843. The molecule has 0 saturated heterocycles. The van der Waals surface area contributed by atoms with Gasteiger partial charge in [-0.3, -0.25) is 0 Å². The highest BCUT2D eigenvalue weighted by molar-refractivity contribution is 9.10. The van der Waals surface area contributed by atoms with Crippen LogP contribution >= 0.6 is 27.5 Å². The molecule has 1 heterocycles. The van der Waals surface area contributed by atoms with E-state index in [1.807, 2.05) is 6.07 Å². The molecule has 1 aromatic heterocycles. The molecule has 5 heteroatoms. The third-order valence-corrected chi connectivity index (χ3v) is 8.18. The van der Waals surface area contributed by atoms with E-state index in [-0.39, 0.29) is 0 Å². The van der Waals surface area contributed by atoms with Gasteiger partial charge in [0.2, 0.25) is 5.88 Å². The van der Waals surface area contributed by atoms with E-state index in [0.717, 1.165) is 17.8 Å². The Balaban J connectivity index is 1.30. The second-order valence-corrected chi connectivity index (χ2v) is 9.13. The van der Waals surface area contributed by atoms with E-state index in [1.165, 1.54) is 31.2 Å². The minimum absolute atomic E-state index is 0.434. The summed E-state index contributed by atoms with van der Waals surface area (Å²) >= 11 is 9.81. The molecule has 6 rings (SSSR count). The average molecular weight is 404 g/mol. The second-order valence-electron chi connectivity index (χ2n) is 7.91. The van der Waals surface area contributed by atoms with Crippen LogP contribution in [0.15, 0.2) is 35.2 Å². The molecule has 0 bridgehead atoms. The fourth-order valence-corrected chi connectivity index (χ4v) is 7.19. The summed E-state index contributed by atoms with van der Waals surface area (Å²) in [7, 11) is 0. The number of hydrogen-bond donors (Lipinski definition) is 0. The minimum atomic E-state index is 0.434. The highest BCUT2D eigenvalue weighted by Crippen LogP contribution is 2.92. The zero-order valence-electron chi connectivity index (χ0n) is 13.0. The predicted octanol–water partition coefficient (Wildman–Crippen LogP) is 5.37. The Morgan fingerprint density at radius 3 is 2.46 bits per heavy atom. The van der Waals surface area contributed by atoms with E-state index >= 15 is 0 Å². The summed E-state index contributed by atoms with van der Waals surface area (Å²) in [6.07, 6.45) is 8.91. The predicted molar refractivity (Wildman–Crippen MR) is 94.3 cm³/mol. The van der Waals surface area contributed by atoms with Crippen molar-refractivity contribution in [3.8, 4) is 11.6 Å². The Morgan fingerprint density at radius 1 is 1.08 bits per heavy atom. The molecule has 0 amide bonds. The van der Waals surface area contributed by atoms with Crippen molar-refractivity contribution in [1.29, 1.82) is 0 Å². The van der Waals surface area contributed by atoms with Gasteiger partial charge in [0.25, 0.3) is 0 Å². The van der Waals surface area contributed by atoms with Crippen LogP contribution in [0, 0.1) is 23.2 Å². The van der Waals surface area contributed by atoms with Gasteiger partial charge in [0.15, 0.2) is 0 Å². The number of nitrogens with zero attached hydrogens (tertiary/aromatic N) is 2. The van der Waals surface area contributed by atoms with Gasteiger partial charge in [-0.05, 0) is 82.5 Å². The summed E-state index contributed by atoms with van der Waals surface area (Å²) in [4.78, 5) is 8.32. The van der Waals surface area contributed by atoms with Crippen LogP contribution < -0.4 is 4.74 Å². The quantitative estimate of drug-likeness (QED) is 0.691. The van der Waals surface area contributed by atoms with Gasteiger partial charge in [-0.15, -0.1) is 0 Å². The molecule has 2 aromatic rings. The molecule has 0 N–H and O–H groups in total. The maximum absolute atomic E-state index is 6.53. The van der Waals surface area contributed by atoms with Crippen LogP contribution in [0.3, 0.4) is 0 Å². The Labute approximate surface area is 153 Å². The molecule has 4 fully saturated rings. The zero-order valence-corrected chi connectivity index (χ0v) is 15.3. The molecule has 3 nitrogen and oxygen atoms in total. The third-order valence-electron chi connectivity index (χ3n) is 7.48. The molecule has 24 heavy (non-hydrogen) atoms. The number of aromatic nitrogens is 2. The van der Waals surface area contributed by atoms with Crippen molar-refractivity contribution in [3.63, 3.8) is 0 Å². The van der Waals surface area contributed by atoms with Crippen molar-refractivity contribution in [2.24, 2.45) is 23.2 Å². The van der Waals surface area contributed by atoms with Gasteiger partial charge < -0.3 is 4.74 Å². The molecule has 2 atom stereocenters. The first-order valence-corrected chi connectivity index (χ1v) is 9.76.